The molecule has 4 nitrogen and oxygen atoms in total. The molecule has 0 saturated heterocycles. The highest BCUT2D eigenvalue weighted by Gasteiger charge is 2.37. The molecule has 0 radical (unpaired) electrons. The van der Waals surface area contributed by atoms with Gasteiger partial charge in [0.25, 0.3) is 11.8 Å². The quantitative estimate of drug-likeness (QED) is 0.401. The van der Waals surface area contributed by atoms with Gasteiger partial charge in [0.1, 0.15) is 11.9 Å². The zero-order valence-electron chi connectivity index (χ0n) is 20.8. The van der Waals surface area contributed by atoms with Crippen LogP contribution in [0.15, 0.2) is 66.7 Å². The maximum absolute atomic E-state index is 13.9. The third-order valence-corrected chi connectivity index (χ3v) is 6.81. The smallest absolute Gasteiger partial charge is 0.298 e. The molecule has 1 N–H and O–H groups in total. The van der Waals surface area contributed by atoms with Crippen LogP contribution in [0.4, 0.5) is 14.5 Å². The standard InChI is InChI=1S/C30H31F2NO3/c1-19-4-9-25(23-12-13-23)18-28(19)33(3)29(36)24-10-5-21(6-11-24)16-27(35)17-22-7-14-26(15-8-22)30(31,32)20(2)34/h4-11,14-15,18,20,23,34H,12-13,16-17H2,1-3H3. The average Bonchev–Trinajstić information content (AvgIpc) is 3.70. The Hall–Kier alpha value is -3.38. The summed E-state index contributed by atoms with van der Waals surface area (Å²) in [5, 5.41) is 9.27. The summed E-state index contributed by atoms with van der Waals surface area (Å²) in [6.45, 7) is 3.04. The Morgan fingerprint density at radius 3 is 2.06 bits per heavy atom. The van der Waals surface area contributed by atoms with E-state index >= 15 is 0 Å². The zero-order valence-corrected chi connectivity index (χ0v) is 20.8. The number of amides is 1. The summed E-state index contributed by atoms with van der Waals surface area (Å²) in [5.74, 6) is -2.91. The van der Waals surface area contributed by atoms with Crippen molar-refractivity contribution in [1.82, 2.24) is 0 Å². The molecule has 0 heterocycles. The van der Waals surface area contributed by atoms with Gasteiger partial charge in [-0.3, -0.25) is 9.59 Å². The van der Waals surface area contributed by atoms with E-state index in [-0.39, 0.29) is 30.1 Å². The van der Waals surface area contributed by atoms with Gasteiger partial charge in [0.15, 0.2) is 0 Å². The van der Waals surface area contributed by atoms with Crippen molar-refractivity contribution in [3.8, 4) is 0 Å². The fourth-order valence-electron chi connectivity index (χ4n) is 4.33. The van der Waals surface area contributed by atoms with Crippen molar-refractivity contribution in [3.05, 3.63) is 100 Å². The van der Waals surface area contributed by atoms with Crippen LogP contribution in [0.25, 0.3) is 0 Å². The summed E-state index contributed by atoms with van der Waals surface area (Å²) in [6.07, 6.45) is 0.894. The number of carbonyl (C=O) groups is 2. The minimum Gasteiger partial charge on any atom is -0.387 e. The van der Waals surface area contributed by atoms with Crippen LogP contribution in [0.1, 0.15) is 63.9 Å². The molecule has 0 aliphatic heterocycles. The van der Waals surface area contributed by atoms with Gasteiger partial charge in [-0.05, 0) is 73.1 Å². The van der Waals surface area contributed by atoms with Crippen LogP contribution in [-0.4, -0.2) is 29.9 Å². The molecule has 0 spiro atoms. The van der Waals surface area contributed by atoms with Crippen LogP contribution in [0.2, 0.25) is 0 Å². The summed E-state index contributed by atoms with van der Waals surface area (Å²) in [6, 6.07) is 18.8. The molecular weight excluding hydrogens is 460 g/mol. The van der Waals surface area contributed by atoms with E-state index in [9.17, 15) is 23.5 Å². The Bertz CT molecular complexity index is 1250. The summed E-state index contributed by atoms with van der Waals surface area (Å²) in [4.78, 5) is 27.3. The number of carbonyl (C=O) groups excluding carboxylic acids is 2. The molecule has 0 bridgehead atoms. The minimum absolute atomic E-state index is 0.0613. The predicted molar refractivity (Wildman–Crippen MR) is 137 cm³/mol. The molecular formula is C30H31F2NO3. The molecule has 3 aromatic carbocycles. The van der Waals surface area contributed by atoms with Crippen LogP contribution in [-0.2, 0) is 23.6 Å². The van der Waals surface area contributed by atoms with E-state index in [0.717, 1.165) is 23.7 Å². The van der Waals surface area contributed by atoms with Crippen LogP contribution in [0, 0.1) is 6.92 Å². The van der Waals surface area contributed by atoms with Crippen molar-refractivity contribution < 1.29 is 23.5 Å². The first kappa shape index (κ1) is 25.7. The van der Waals surface area contributed by atoms with Gasteiger partial charge >= 0.3 is 0 Å². The van der Waals surface area contributed by atoms with Gasteiger partial charge in [-0.1, -0.05) is 48.5 Å². The normalized spacial score (nSPS) is 14.4. The van der Waals surface area contributed by atoms with E-state index in [4.69, 9.17) is 0 Å². The van der Waals surface area contributed by atoms with E-state index in [1.54, 1.807) is 36.2 Å². The van der Waals surface area contributed by atoms with Crippen LogP contribution >= 0.6 is 0 Å². The fraction of sp³-hybridized carbons (Fsp3) is 0.333. The topological polar surface area (TPSA) is 57.6 Å². The number of halogens is 2. The number of hydrogen-bond donors (Lipinski definition) is 1. The van der Waals surface area contributed by atoms with Gasteiger partial charge in [-0.2, -0.15) is 8.78 Å². The summed E-state index contributed by atoms with van der Waals surface area (Å²) in [7, 11) is 1.78. The van der Waals surface area contributed by atoms with Gasteiger partial charge in [0.05, 0.1) is 0 Å². The number of benzene rings is 3. The zero-order chi connectivity index (χ0) is 26.0. The van der Waals surface area contributed by atoms with E-state index in [1.807, 2.05) is 6.92 Å². The lowest BCUT2D eigenvalue weighted by molar-refractivity contribution is -0.117. The predicted octanol–water partition coefficient (Wildman–Crippen LogP) is 5.98. The second-order valence-electron chi connectivity index (χ2n) is 9.77. The monoisotopic (exact) mass is 491 g/mol. The molecule has 1 aliphatic rings. The first-order valence-corrected chi connectivity index (χ1v) is 12.2. The van der Waals surface area contributed by atoms with Gasteiger partial charge in [-0.15, -0.1) is 0 Å². The number of nitrogens with zero attached hydrogens (tertiary/aromatic N) is 1. The molecule has 3 aromatic rings. The van der Waals surface area contributed by atoms with E-state index in [0.29, 0.717) is 17.0 Å². The maximum Gasteiger partial charge on any atom is 0.298 e. The van der Waals surface area contributed by atoms with Crippen molar-refractivity contribution in [2.45, 2.75) is 57.5 Å². The van der Waals surface area contributed by atoms with Crippen LogP contribution in [0.3, 0.4) is 0 Å². The number of ketones is 1. The number of rotatable bonds is 9. The van der Waals surface area contributed by atoms with Gasteiger partial charge in [0.2, 0.25) is 0 Å². The SMILES string of the molecule is Cc1ccc(C2CC2)cc1N(C)C(=O)c1ccc(CC(=O)Cc2ccc(C(F)(F)C(C)O)cc2)cc1. The molecule has 0 aromatic heterocycles. The van der Waals surface area contributed by atoms with Gasteiger partial charge < -0.3 is 10.0 Å². The number of aliphatic hydroxyl groups excluding tert-OH is 1. The summed E-state index contributed by atoms with van der Waals surface area (Å²) in [5.41, 5.74) is 4.88. The van der Waals surface area contributed by atoms with Gasteiger partial charge in [-0.25, -0.2) is 0 Å². The molecule has 1 aliphatic carbocycles. The Kier molecular flexibility index (Phi) is 7.36. The minimum atomic E-state index is -3.34. The first-order valence-electron chi connectivity index (χ1n) is 12.2. The second-order valence-corrected chi connectivity index (χ2v) is 9.77. The number of alkyl halides is 2. The highest BCUT2D eigenvalue weighted by molar-refractivity contribution is 6.06. The summed E-state index contributed by atoms with van der Waals surface area (Å²) >= 11 is 0. The molecule has 36 heavy (non-hydrogen) atoms. The Morgan fingerprint density at radius 1 is 0.972 bits per heavy atom. The Balaban J connectivity index is 1.37. The first-order chi connectivity index (χ1) is 17.1. The van der Waals surface area contributed by atoms with Crippen molar-refractivity contribution in [1.29, 1.82) is 0 Å². The average molecular weight is 492 g/mol. The lowest BCUT2D eigenvalue weighted by Crippen LogP contribution is -2.27. The number of Topliss-reactive ketones (excluding diaryl/α,β-unsaturated/α-hetero) is 1. The van der Waals surface area contributed by atoms with Crippen LogP contribution in [0.5, 0.6) is 0 Å². The van der Waals surface area contributed by atoms with Crippen molar-refractivity contribution in [2.24, 2.45) is 0 Å². The molecule has 1 fully saturated rings. The maximum atomic E-state index is 13.9. The molecule has 4 rings (SSSR count). The lowest BCUT2D eigenvalue weighted by Gasteiger charge is -2.21. The molecule has 1 amide bonds. The number of aryl methyl sites for hydroxylation is 1. The highest BCUT2D eigenvalue weighted by atomic mass is 19.3. The lowest BCUT2D eigenvalue weighted by atomic mass is 9.98. The van der Waals surface area contributed by atoms with Gasteiger partial charge in [0, 0.05) is 36.7 Å². The van der Waals surface area contributed by atoms with Crippen molar-refractivity contribution >= 4 is 17.4 Å². The summed E-state index contributed by atoms with van der Waals surface area (Å²) < 4.78 is 27.8. The fourth-order valence-corrected chi connectivity index (χ4v) is 4.33. The Labute approximate surface area is 210 Å². The molecule has 188 valence electrons. The number of hydrogen-bond acceptors (Lipinski definition) is 3. The highest BCUT2D eigenvalue weighted by Crippen LogP contribution is 2.41. The van der Waals surface area contributed by atoms with Crippen molar-refractivity contribution in [3.63, 3.8) is 0 Å². The largest absolute Gasteiger partial charge is 0.387 e. The molecule has 6 heteroatoms. The third-order valence-electron chi connectivity index (χ3n) is 6.81. The van der Waals surface area contributed by atoms with Crippen molar-refractivity contribution in [2.75, 3.05) is 11.9 Å². The molecule has 1 unspecified atom stereocenters. The molecule has 1 saturated carbocycles. The molecule has 1 atom stereocenters. The number of anilines is 1. The van der Waals surface area contributed by atoms with E-state index < -0.39 is 12.0 Å². The second kappa shape index (κ2) is 10.3. The number of aliphatic hydroxyl groups is 1. The van der Waals surface area contributed by atoms with E-state index in [1.165, 1.54) is 42.7 Å². The van der Waals surface area contributed by atoms with Crippen LogP contribution < -0.4 is 4.90 Å². The van der Waals surface area contributed by atoms with E-state index in [2.05, 4.69) is 18.2 Å². The Morgan fingerprint density at radius 2 is 1.53 bits per heavy atom. The third kappa shape index (κ3) is 5.71.